The lowest BCUT2D eigenvalue weighted by Crippen LogP contribution is -2.32. The van der Waals surface area contributed by atoms with E-state index in [1.807, 2.05) is 0 Å². The van der Waals surface area contributed by atoms with Crippen LogP contribution in [0.1, 0.15) is 35.8 Å². The van der Waals surface area contributed by atoms with Gasteiger partial charge in [0.25, 0.3) is 5.91 Å². The van der Waals surface area contributed by atoms with Crippen molar-refractivity contribution < 1.29 is 29.0 Å². The molecular weight excluding hydrogens is 386 g/mol. The summed E-state index contributed by atoms with van der Waals surface area (Å²) in [6.07, 6.45) is 0. The van der Waals surface area contributed by atoms with Crippen LogP contribution >= 0.6 is 0 Å². The second-order valence-electron chi connectivity index (χ2n) is 7.14. The summed E-state index contributed by atoms with van der Waals surface area (Å²) in [5.41, 5.74) is 1.13. The highest BCUT2D eigenvalue weighted by Crippen LogP contribution is 2.44. The number of nitrogens with zero attached hydrogens (tertiary/aromatic N) is 1. The first-order chi connectivity index (χ1) is 14.3. The molecule has 30 heavy (non-hydrogen) atoms. The molecule has 2 aromatic rings. The first-order valence-corrected chi connectivity index (χ1v) is 9.44. The Hall–Kier alpha value is -3.61. The third kappa shape index (κ3) is 3.54. The minimum absolute atomic E-state index is 0.00275. The molecule has 1 amide bonds. The third-order valence-electron chi connectivity index (χ3n) is 4.98. The summed E-state index contributed by atoms with van der Waals surface area (Å²) >= 11 is 0. The Labute approximate surface area is 174 Å². The fourth-order valence-electron chi connectivity index (χ4n) is 3.52. The number of hydrogen-bond acceptors (Lipinski definition) is 6. The lowest BCUT2D eigenvalue weighted by molar-refractivity contribution is -0.119. The topological polar surface area (TPSA) is 93.1 Å². The number of rotatable bonds is 6. The van der Waals surface area contributed by atoms with Crippen LogP contribution in [0.15, 0.2) is 59.9 Å². The zero-order chi connectivity index (χ0) is 22.0. The first kappa shape index (κ1) is 21.1. The van der Waals surface area contributed by atoms with Crippen LogP contribution in [0.4, 0.5) is 5.69 Å². The summed E-state index contributed by atoms with van der Waals surface area (Å²) in [4.78, 5) is 39.3. The molecule has 0 fully saturated rings. The molecule has 1 aliphatic rings. The number of esters is 1. The maximum atomic E-state index is 13.1. The number of carbonyl (C=O) groups is 3. The summed E-state index contributed by atoms with van der Waals surface area (Å²) < 4.78 is 10.2. The standard InChI is InChI=1S/C23H23NO6/c1-13(2)20(25)18-19(16-10-5-6-11-17(16)29-3)24(22(27)21(18)26)15-9-7-8-14(12-15)23(28)30-4/h5-13,19,26H,1-4H3. The molecule has 3 rings (SSSR count). The Morgan fingerprint density at radius 2 is 1.77 bits per heavy atom. The van der Waals surface area contributed by atoms with Crippen molar-refractivity contribution >= 4 is 23.3 Å². The van der Waals surface area contributed by atoms with E-state index >= 15 is 0 Å². The van der Waals surface area contributed by atoms with Crippen LogP contribution in [0.25, 0.3) is 0 Å². The number of methoxy groups -OCH3 is 2. The zero-order valence-electron chi connectivity index (χ0n) is 17.2. The molecular formula is C23H23NO6. The van der Waals surface area contributed by atoms with Crippen LogP contribution in [-0.4, -0.2) is 37.0 Å². The first-order valence-electron chi connectivity index (χ1n) is 9.44. The molecule has 156 valence electrons. The van der Waals surface area contributed by atoms with Crippen molar-refractivity contribution in [2.75, 3.05) is 19.1 Å². The second-order valence-corrected chi connectivity index (χ2v) is 7.14. The van der Waals surface area contributed by atoms with Gasteiger partial charge in [-0.2, -0.15) is 0 Å². The van der Waals surface area contributed by atoms with Crippen LogP contribution in [0.2, 0.25) is 0 Å². The van der Waals surface area contributed by atoms with Crippen LogP contribution < -0.4 is 9.64 Å². The minimum Gasteiger partial charge on any atom is -0.503 e. The van der Waals surface area contributed by atoms with Crippen LogP contribution in [0, 0.1) is 5.92 Å². The van der Waals surface area contributed by atoms with Crippen molar-refractivity contribution in [1.29, 1.82) is 0 Å². The van der Waals surface area contributed by atoms with Gasteiger partial charge in [-0.1, -0.05) is 38.1 Å². The third-order valence-corrected chi connectivity index (χ3v) is 4.98. The molecule has 0 aromatic heterocycles. The minimum atomic E-state index is -0.906. The van der Waals surface area contributed by atoms with Crippen LogP contribution in [-0.2, 0) is 14.3 Å². The summed E-state index contributed by atoms with van der Waals surface area (Å²) in [6, 6.07) is 12.4. The molecule has 0 radical (unpaired) electrons. The Morgan fingerprint density at radius 3 is 2.40 bits per heavy atom. The fourth-order valence-corrected chi connectivity index (χ4v) is 3.52. The van der Waals surface area contributed by atoms with E-state index in [9.17, 15) is 19.5 Å². The Bertz CT molecular complexity index is 1040. The lowest BCUT2D eigenvalue weighted by atomic mass is 9.90. The predicted octanol–water partition coefficient (Wildman–Crippen LogP) is 3.61. The lowest BCUT2D eigenvalue weighted by Gasteiger charge is -2.28. The van der Waals surface area contributed by atoms with E-state index in [-0.39, 0.29) is 16.9 Å². The molecule has 1 N–H and O–H groups in total. The molecule has 0 spiro atoms. The molecule has 1 heterocycles. The molecule has 0 bridgehead atoms. The number of para-hydroxylation sites is 1. The van der Waals surface area contributed by atoms with Gasteiger partial charge in [0.1, 0.15) is 5.75 Å². The monoisotopic (exact) mass is 409 g/mol. The molecule has 0 aliphatic carbocycles. The quantitative estimate of drug-likeness (QED) is 0.733. The van der Waals surface area contributed by atoms with Crippen molar-refractivity contribution in [2.45, 2.75) is 19.9 Å². The fraction of sp³-hybridized carbons (Fsp3) is 0.261. The van der Waals surface area contributed by atoms with Gasteiger partial charge < -0.3 is 14.6 Å². The van der Waals surface area contributed by atoms with Gasteiger partial charge in [0.15, 0.2) is 11.5 Å². The van der Waals surface area contributed by atoms with Crippen molar-refractivity contribution in [1.82, 2.24) is 0 Å². The van der Waals surface area contributed by atoms with Crippen LogP contribution in [0.3, 0.4) is 0 Å². The maximum Gasteiger partial charge on any atom is 0.337 e. The van der Waals surface area contributed by atoms with Crippen molar-refractivity contribution in [2.24, 2.45) is 5.92 Å². The Balaban J connectivity index is 2.23. The zero-order valence-corrected chi connectivity index (χ0v) is 17.2. The van der Waals surface area contributed by atoms with Gasteiger partial charge in [-0.3, -0.25) is 14.5 Å². The van der Waals surface area contributed by atoms with Gasteiger partial charge in [-0.15, -0.1) is 0 Å². The van der Waals surface area contributed by atoms with Gasteiger partial charge in [-0.05, 0) is 24.3 Å². The number of carbonyl (C=O) groups excluding carboxylic acids is 3. The number of benzene rings is 2. The summed E-state index contributed by atoms with van der Waals surface area (Å²) in [5, 5.41) is 10.7. The van der Waals surface area contributed by atoms with Gasteiger partial charge >= 0.3 is 5.97 Å². The average molecular weight is 409 g/mol. The van der Waals surface area contributed by atoms with Crippen molar-refractivity contribution in [3.63, 3.8) is 0 Å². The molecule has 0 saturated carbocycles. The van der Waals surface area contributed by atoms with Crippen molar-refractivity contribution in [3.05, 3.63) is 71.0 Å². The molecule has 1 unspecified atom stereocenters. The normalized spacial score (nSPS) is 16.2. The highest BCUT2D eigenvalue weighted by Gasteiger charge is 2.45. The Morgan fingerprint density at radius 1 is 1.07 bits per heavy atom. The van der Waals surface area contributed by atoms with Crippen LogP contribution in [0.5, 0.6) is 5.75 Å². The molecule has 1 atom stereocenters. The number of ketones is 1. The van der Waals surface area contributed by atoms with E-state index in [0.29, 0.717) is 17.0 Å². The van der Waals surface area contributed by atoms with E-state index in [1.165, 1.54) is 25.2 Å². The highest BCUT2D eigenvalue weighted by atomic mass is 16.5. The number of Topliss-reactive ketones (excluding diaryl/α,β-unsaturated/α-hetero) is 1. The number of aliphatic hydroxyl groups excluding tert-OH is 1. The SMILES string of the molecule is COC(=O)c1cccc(N2C(=O)C(O)=C(C(=O)C(C)C)C2c2ccccc2OC)c1. The number of hydrogen-bond donors (Lipinski definition) is 1. The smallest absolute Gasteiger partial charge is 0.337 e. The highest BCUT2D eigenvalue weighted by molar-refractivity contribution is 6.17. The van der Waals surface area contributed by atoms with E-state index in [2.05, 4.69) is 0 Å². The van der Waals surface area contributed by atoms with Crippen molar-refractivity contribution in [3.8, 4) is 5.75 Å². The number of amides is 1. The Kier molecular flexibility index (Phi) is 5.91. The molecule has 1 aliphatic heterocycles. The number of aliphatic hydroxyl groups is 1. The summed E-state index contributed by atoms with van der Waals surface area (Å²) in [5.74, 6) is -2.21. The van der Waals surface area contributed by atoms with E-state index < -0.39 is 29.6 Å². The molecule has 2 aromatic carbocycles. The van der Waals surface area contributed by atoms with E-state index in [1.54, 1.807) is 56.3 Å². The van der Waals surface area contributed by atoms with E-state index in [0.717, 1.165) is 0 Å². The largest absolute Gasteiger partial charge is 0.503 e. The maximum absolute atomic E-state index is 13.1. The van der Waals surface area contributed by atoms with Gasteiger partial charge in [0, 0.05) is 17.2 Å². The number of ether oxygens (including phenoxy) is 2. The molecule has 0 saturated heterocycles. The molecule has 7 heteroatoms. The average Bonchev–Trinajstić information content (AvgIpc) is 3.02. The predicted molar refractivity (Wildman–Crippen MR) is 111 cm³/mol. The van der Waals surface area contributed by atoms with Gasteiger partial charge in [-0.25, -0.2) is 4.79 Å². The van der Waals surface area contributed by atoms with Gasteiger partial charge in [0.2, 0.25) is 0 Å². The summed E-state index contributed by atoms with van der Waals surface area (Å²) in [6.45, 7) is 3.40. The second kappa shape index (κ2) is 8.41. The van der Waals surface area contributed by atoms with E-state index in [4.69, 9.17) is 9.47 Å². The molecule has 7 nitrogen and oxygen atoms in total. The number of anilines is 1. The van der Waals surface area contributed by atoms with Gasteiger partial charge in [0.05, 0.1) is 31.4 Å². The summed E-state index contributed by atoms with van der Waals surface area (Å²) in [7, 11) is 2.76.